The Labute approximate surface area is 117 Å². The monoisotopic (exact) mass is 287 g/mol. The second-order valence-corrected chi connectivity index (χ2v) is 4.70. The van der Waals surface area contributed by atoms with Crippen LogP contribution in [-0.2, 0) is 9.53 Å². The van der Waals surface area contributed by atoms with E-state index in [0.29, 0.717) is 32.4 Å². The van der Waals surface area contributed by atoms with E-state index in [-0.39, 0.29) is 6.04 Å². The number of carboxylic acid groups (broad SMARTS) is 1. The molecular weight excluding hydrogens is 266 g/mol. The third kappa shape index (κ3) is 4.60. The zero-order valence-electron chi connectivity index (χ0n) is 11.7. The molecule has 8 nitrogen and oxygen atoms in total. The molecule has 0 aromatic rings. The zero-order valence-corrected chi connectivity index (χ0v) is 11.7. The van der Waals surface area contributed by atoms with Crippen molar-refractivity contribution in [3.63, 3.8) is 0 Å². The van der Waals surface area contributed by atoms with E-state index in [1.165, 1.54) is 12.0 Å². The molecule has 0 spiro atoms. The molecule has 1 heterocycles. The number of hydrogen-bond donors (Lipinski definition) is 3. The van der Waals surface area contributed by atoms with Crippen LogP contribution >= 0.6 is 0 Å². The van der Waals surface area contributed by atoms with Crippen LogP contribution < -0.4 is 10.6 Å². The lowest BCUT2D eigenvalue weighted by atomic mass is 10.2. The minimum absolute atomic E-state index is 0.164. The summed E-state index contributed by atoms with van der Waals surface area (Å²) in [6.45, 7) is 2.67. The maximum absolute atomic E-state index is 11.9. The Morgan fingerprint density at radius 3 is 2.70 bits per heavy atom. The number of nitrogens with zero attached hydrogens (tertiary/aromatic N) is 1. The van der Waals surface area contributed by atoms with E-state index >= 15 is 0 Å². The van der Waals surface area contributed by atoms with Gasteiger partial charge >= 0.3 is 18.1 Å². The van der Waals surface area contributed by atoms with Gasteiger partial charge in [0.25, 0.3) is 0 Å². The van der Waals surface area contributed by atoms with Gasteiger partial charge in [-0.15, -0.1) is 0 Å². The Kier molecular flexibility index (Phi) is 6.08. The minimum Gasteiger partial charge on any atom is -0.480 e. The van der Waals surface area contributed by atoms with Crippen molar-refractivity contribution in [2.45, 2.75) is 38.3 Å². The fourth-order valence-corrected chi connectivity index (χ4v) is 2.07. The lowest BCUT2D eigenvalue weighted by Crippen LogP contribution is -2.48. The highest BCUT2D eigenvalue weighted by molar-refractivity contribution is 5.82. The number of carbonyl (C=O) groups excluding carboxylic acids is 2. The van der Waals surface area contributed by atoms with Gasteiger partial charge in [0.15, 0.2) is 0 Å². The average molecular weight is 287 g/mol. The van der Waals surface area contributed by atoms with Gasteiger partial charge in [-0.25, -0.2) is 14.4 Å². The quantitative estimate of drug-likeness (QED) is 0.677. The molecule has 1 saturated heterocycles. The molecule has 2 atom stereocenters. The average Bonchev–Trinajstić information content (AvgIpc) is 2.86. The Hall–Kier alpha value is -1.99. The van der Waals surface area contributed by atoms with E-state index in [4.69, 9.17) is 5.11 Å². The van der Waals surface area contributed by atoms with Gasteiger partial charge < -0.3 is 25.4 Å². The largest absolute Gasteiger partial charge is 0.480 e. The molecule has 1 aliphatic rings. The summed E-state index contributed by atoms with van der Waals surface area (Å²) in [7, 11) is 1.27. The molecule has 2 unspecified atom stereocenters. The summed E-state index contributed by atoms with van der Waals surface area (Å²) in [4.78, 5) is 35.5. The molecule has 0 radical (unpaired) electrons. The van der Waals surface area contributed by atoms with Crippen LogP contribution in [0.5, 0.6) is 0 Å². The number of amides is 3. The van der Waals surface area contributed by atoms with Crippen molar-refractivity contribution in [1.29, 1.82) is 0 Å². The van der Waals surface area contributed by atoms with Crippen LogP contribution in [0.4, 0.5) is 9.59 Å². The van der Waals surface area contributed by atoms with Gasteiger partial charge in [0.05, 0.1) is 13.2 Å². The molecule has 3 N–H and O–H groups in total. The Balaban J connectivity index is 2.45. The molecule has 0 aromatic heterocycles. The molecule has 114 valence electrons. The Morgan fingerprint density at radius 2 is 2.15 bits per heavy atom. The molecule has 0 aromatic carbocycles. The zero-order chi connectivity index (χ0) is 15.1. The summed E-state index contributed by atoms with van der Waals surface area (Å²) in [5.41, 5.74) is 0. The smallest absolute Gasteiger partial charge is 0.407 e. The molecule has 1 rings (SSSR count). The normalized spacial score (nSPS) is 19.3. The van der Waals surface area contributed by atoms with E-state index < -0.39 is 24.1 Å². The van der Waals surface area contributed by atoms with Crippen LogP contribution in [-0.4, -0.2) is 60.4 Å². The molecule has 0 bridgehead atoms. The number of hydrogen-bond acceptors (Lipinski definition) is 4. The maximum Gasteiger partial charge on any atom is 0.407 e. The number of ether oxygens (including phenoxy) is 1. The van der Waals surface area contributed by atoms with Crippen molar-refractivity contribution in [2.24, 2.45) is 0 Å². The van der Waals surface area contributed by atoms with Gasteiger partial charge in [-0.05, 0) is 12.8 Å². The Bertz CT molecular complexity index is 374. The van der Waals surface area contributed by atoms with Crippen molar-refractivity contribution in [2.75, 3.05) is 20.2 Å². The Morgan fingerprint density at radius 1 is 1.45 bits per heavy atom. The molecule has 8 heteroatoms. The SMILES string of the molecule is CCCC(NC(=O)N1CCC(NC(=O)OC)C1)C(=O)O. The highest BCUT2D eigenvalue weighted by Gasteiger charge is 2.29. The summed E-state index contributed by atoms with van der Waals surface area (Å²) < 4.78 is 4.49. The van der Waals surface area contributed by atoms with Gasteiger partial charge in [-0.3, -0.25) is 0 Å². The number of carboxylic acids is 1. The van der Waals surface area contributed by atoms with Crippen LogP contribution in [0.2, 0.25) is 0 Å². The number of carbonyl (C=O) groups is 3. The van der Waals surface area contributed by atoms with Crippen molar-refractivity contribution in [1.82, 2.24) is 15.5 Å². The van der Waals surface area contributed by atoms with Gasteiger partial charge in [-0.2, -0.15) is 0 Å². The molecule has 20 heavy (non-hydrogen) atoms. The van der Waals surface area contributed by atoms with Crippen LogP contribution in [0.1, 0.15) is 26.2 Å². The van der Waals surface area contributed by atoms with Crippen molar-refractivity contribution in [3.8, 4) is 0 Å². The number of likely N-dealkylation sites (tertiary alicyclic amines) is 1. The summed E-state index contributed by atoms with van der Waals surface area (Å²) in [5, 5.41) is 14.1. The van der Waals surface area contributed by atoms with Gasteiger partial charge in [0, 0.05) is 13.1 Å². The summed E-state index contributed by atoms with van der Waals surface area (Å²) in [6, 6.07) is -1.46. The van der Waals surface area contributed by atoms with Gasteiger partial charge in [0.2, 0.25) is 0 Å². The molecule has 0 saturated carbocycles. The van der Waals surface area contributed by atoms with Crippen LogP contribution in [0.15, 0.2) is 0 Å². The standard InChI is InChI=1S/C12H21N3O5/c1-3-4-9(10(16)17)14-11(18)15-6-5-8(7-15)13-12(19)20-2/h8-9H,3-7H2,1-2H3,(H,13,19)(H,14,18)(H,16,17). The highest BCUT2D eigenvalue weighted by atomic mass is 16.5. The third-order valence-electron chi connectivity index (χ3n) is 3.16. The number of methoxy groups -OCH3 is 1. The lowest BCUT2D eigenvalue weighted by molar-refractivity contribution is -0.139. The van der Waals surface area contributed by atoms with E-state index in [2.05, 4.69) is 15.4 Å². The summed E-state index contributed by atoms with van der Waals surface area (Å²) in [6.07, 6.45) is 1.14. The number of urea groups is 1. The summed E-state index contributed by atoms with van der Waals surface area (Å²) >= 11 is 0. The first-order valence-electron chi connectivity index (χ1n) is 6.60. The minimum atomic E-state index is -1.04. The third-order valence-corrected chi connectivity index (χ3v) is 3.16. The topological polar surface area (TPSA) is 108 Å². The molecular formula is C12H21N3O5. The van der Waals surface area contributed by atoms with Crippen LogP contribution in [0.3, 0.4) is 0 Å². The van der Waals surface area contributed by atoms with Crippen molar-refractivity contribution < 1.29 is 24.2 Å². The second-order valence-electron chi connectivity index (χ2n) is 4.70. The first-order chi connectivity index (χ1) is 9.47. The predicted molar refractivity (Wildman–Crippen MR) is 70.4 cm³/mol. The molecule has 0 aliphatic carbocycles. The molecule has 1 aliphatic heterocycles. The molecule has 3 amide bonds. The van der Waals surface area contributed by atoms with Crippen LogP contribution in [0.25, 0.3) is 0 Å². The van der Waals surface area contributed by atoms with Crippen molar-refractivity contribution >= 4 is 18.1 Å². The number of rotatable bonds is 5. The number of nitrogens with one attached hydrogen (secondary N) is 2. The lowest BCUT2D eigenvalue weighted by Gasteiger charge is -2.21. The first-order valence-corrected chi connectivity index (χ1v) is 6.60. The number of aliphatic carboxylic acids is 1. The summed E-state index contributed by atoms with van der Waals surface area (Å²) in [5.74, 6) is -1.04. The second kappa shape index (κ2) is 7.56. The van der Waals surface area contributed by atoms with E-state index in [9.17, 15) is 14.4 Å². The highest BCUT2D eigenvalue weighted by Crippen LogP contribution is 2.10. The van der Waals surface area contributed by atoms with Gasteiger partial charge in [0.1, 0.15) is 6.04 Å². The fraction of sp³-hybridized carbons (Fsp3) is 0.750. The maximum atomic E-state index is 11.9. The van der Waals surface area contributed by atoms with E-state index in [0.717, 1.165) is 0 Å². The first kappa shape index (κ1) is 16.1. The predicted octanol–water partition coefficient (Wildman–Crippen LogP) is 0.380. The molecule has 1 fully saturated rings. The van der Waals surface area contributed by atoms with Crippen LogP contribution in [0, 0.1) is 0 Å². The van der Waals surface area contributed by atoms with Crippen molar-refractivity contribution in [3.05, 3.63) is 0 Å². The van der Waals surface area contributed by atoms with E-state index in [1.807, 2.05) is 6.92 Å². The van der Waals surface area contributed by atoms with E-state index in [1.54, 1.807) is 0 Å². The number of alkyl carbamates (subject to hydrolysis) is 1. The van der Waals surface area contributed by atoms with Gasteiger partial charge in [-0.1, -0.05) is 13.3 Å². The fourth-order valence-electron chi connectivity index (χ4n) is 2.07.